The molecular formula is C31H46N6. The van der Waals surface area contributed by atoms with Gasteiger partial charge in [-0.25, -0.2) is 10.0 Å². The monoisotopic (exact) mass is 502 g/mol. The first kappa shape index (κ1) is 23.6. The van der Waals surface area contributed by atoms with Crippen molar-refractivity contribution in [1.82, 2.24) is 31.3 Å². The van der Waals surface area contributed by atoms with Gasteiger partial charge in [-0.05, 0) is 50.4 Å². The van der Waals surface area contributed by atoms with Crippen LogP contribution in [0.5, 0.6) is 0 Å². The first-order chi connectivity index (χ1) is 18.0. The Morgan fingerprint density at radius 1 is 0.649 bits per heavy atom. The van der Waals surface area contributed by atoms with Gasteiger partial charge in [0.2, 0.25) is 0 Å². The molecule has 0 amide bonds. The van der Waals surface area contributed by atoms with Gasteiger partial charge in [-0.15, -0.1) is 19.7 Å². The van der Waals surface area contributed by atoms with E-state index in [2.05, 4.69) is 90.0 Å². The number of nitrogens with one attached hydrogen (secondary N) is 4. The van der Waals surface area contributed by atoms with Crippen molar-refractivity contribution in [2.75, 3.05) is 0 Å². The average Bonchev–Trinajstić information content (AvgIpc) is 3.57. The fourth-order valence-corrected chi connectivity index (χ4v) is 11.1. The lowest BCUT2D eigenvalue weighted by atomic mass is 9.75. The number of hydrogen-bond acceptors (Lipinski definition) is 6. The summed E-state index contributed by atoms with van der Waals surface area (Å²) in [4.78, 5) is 0. The van der Waals surface area contributed by atoms with Crippen LogP contribution in [0.25, 0.3) is 0 Å². The van der Waals surface area contributed by atoms with Gasteiger partial charge in [0.05, 0.1) is 24.7 Å². The molecule has 9 rings (SSSR count). The third-order valence-electron chi connectivity index (χ3n) is 12.7. The van der Waals surface area contributed by atoms with E-state index >= 15 is 0 Å². The van der Waals surface area contributed by atoms with E-state index in [0.29, 0.717) is 59.7 Å². The normalized spacial score (nSPS) is 60.7. The Bertz CT molecular complexity index is 1050. The molecule has 0 spiro atoms. The van der Waals surface area contributed by atoms with Crippen LogP contribution in [0, 0.1) is 47.3 Å². The van der Waals surface area contributed by atoms with Crippen molar-refractivity contribution in [2.45, 2.75) is 95.3 Å². The van der Waals surface area contributed by atoms with Gasteiger partial charge in [-0.2, -0.15) is 0 Å². The zero-order valence-corrected chi connectivity index (χ0v) is 22.8. The van der Waals surface area contributed by atoms with E-state index < -0.39 is 0 Å². The second-order valence-corrected chi connectivity index (χ2v) is 13.6. The second kappa shape index (κ2) is 8.12. The van der Waals surface area contributed by atoms with Crippen molar-refractivity contribution in [3.63, 3.8) is 0 Å². The largest absolute Gasteiger partial charge is 0.297 e. The third kappa shape index (κ3) is 2.78. The van der Waals surface area contributed by atoms with Crippen LogP contribution in [0.4, 0.5) is 0 Å². The maximum Gasteiger partial charge on any atom is 0.0829 e. The molecule has 9 aliphatic rings. The molecule has 3 aliphatic carbocycles. The smallest absolute Gasteiger partial charge is 0.0829 e. The van der Waals surface area contributed by atoms with E-state index in [1.807, 2.05) is 0 Å². The van der Waals surface area contributed by atoms with Gasteiger partial charge >= 0.3 is 0 Å². The van der Waals surface area contributed by atoms with Crippen LogP contribution in [0.3, 0.4) is 0 Å². The van der Waals surface area contributed by atoms with E-state index in [0.717, 1.165) is 11.8 Å². The quantitative estimate of drug-likeness (QED) is 0.445. The first-order valence-corrected chi connectivity index (χ1v) is 15.2. The summed E-state index contributed by atoms with van der Waals surface area (Å²) in [6, 6.07) is 1.85. The van der Waals surface area contributed by atoms with Crippen molar-refractivity contribution in [1.29, 1.82) is 0 Å². The third-order valence-corrected chi connectivity index (χ3v) is 12.7. The maximum atomic E-state index is 4.45. The van der Waals surface area contributed by atoms with E-state index in [1.54, 1.807) is 11.1 Å². The molecule has 6 saturated heterocycles. The minimum absolute atomic E-state index is 0.187. The molecule has 6 heteroatoms. The summed E-state index contributed by atoms with van der Waals surface area (Å²) in [5, 5.41) is 23.0. The maximum absolute atomic E-state index is 4.45. The van der Waals surface area contributed by atoms with Gasteiger partial charge in [-0.1, -0.05) is 49.1 Å². The van der Waals surface area contributed by atoms with Gasteiger partial charge in [0.25, 0.3) is 0 Å². The Morgan fingerprint density at radius 2 is 1.11 bits per heavy atom. The molecule has 0 aromatic rings. The molecule has 2 saturated carbocycles. The number of nitrogens with zero attached hydrogens (tertiary/aromatic N) is 2. The van der Waals surface area contributed by atoms with Crippen LogP contribution in [-0.2, 0) is 0 Å². The molecular weight excluding hydrogens is 456 g/mol. The van der Waals surface area contributed by atoms with Crippen LogP contribution in [0.15, 0.2) is 49.1 Å². The fourth-order valence-electron chi connectivity index (χ4n) is 11.1. The van der Waals surface area contributed by atoms with Gasteiger partial charge in [0.1, 0.15) is 0 Å². The van der Waals surface area contributed by atoms with Gasteiger partial charge < -0.3 is 0 Å². The Hall–Kier alpha value is -1.28. The van der Waals surface area contributed by atoms with Gasteiger partial charge in [0, 0.05) is 47.8 Å². The summed E-state index contributed by atoms with van der Waals surface area (Å²) in [7, 11) is 0. The Morgan fingerprint density at radius 3 is 1.65 bits per heavy atom. The van der Waals surface area contributed by atoms with E-state index in [4.69, 9.17) is 0 Å². The lowest BCUT2D eigenvalue weighted by Crippen LogP contribution is -2.68. The van der Waals surface area contributed by atoms with Crippen LogP contribution in [0.2, 0.25) is 0 Å². The Balaban J connectivity index is 1.43. The predicted molar refractivity (Wildman–Crippen MR) is 148 cm³/mol. The highest BCUT2D eigenvalue weighted by molar-refractivity contribution is 5.36. The van der Waals surface area contributed by atoms with Crippen LogP contribution >= 0.6 is 0 Å². The molecule has 18 unspecified atom stereocenters. The highest BCUT2D eigenvalue weighted by Crippen LogP contribution is 2.57. The summed E-state index contributed by atoms with van der Waals surface area (Å²) in [6.07, 6.45) is 13.1. The first-order valence-electron chi connectivity index (χ1n) is 15.2. The second-order valence-electron chi connectivity index (χ2n) is 13.6. The average molecular weight is 503 g/mol. The van der Waals surface area contributed by atoms with Gasteiger partial charge in [-0.3, -0.25) is 21.3 Å². The zero-order chi connectivity index (χ0) is 25.3. The molecule has 12 bridgehead atoms. The summed E-state index contributed by atoms with van der Waals surface area (Å²) in [5.74, 6) is 4.09. The van der Waals surface area contributed by atoms with Crippen LogP contribution < -0.4 is 21.3 Å². The molecule has 0 aromatic heterocycles. The molecule has 6 aliphatic heterocycles. The summed E-state index contributed by atoms with van der Waals surface area (Å²) in [6.45, 7) is 20.5. The van der Waals surface area contributed by atoms with Crippen molar-refractivity contribution in [3.05, 3.63) is 49.1 Å². The van der Waals surface area contributed by atoms with E-state index in [9.17, 15) is 0 Å². The molecule has 8 fully saturated rings. The lowest BCUT2D eigenvalue weighted by Gasteiger charge is -2.48. The molecule has 0 radical (unpaired) electrons. The number of rotatable bonds is 3. The Labute approximate surface area is 223 Å². The zero-order valence-electron chi connectivity index (χ0n) is 22.8. The van der Waals surface area contributed by atoms with Crippen molar-refractivity contribution in [2.24, 2.45) is 47.3 Å². The van der Waals surface area contributed by atoms with E-state index in [1.165, 1.54) is 25.7 Å². The molecule has 0 aromatic carbocycles. The topological polar surface area (TPSA) is 54.6 Å². The standard InChI is InChI=1S/C31H46N6/c1-7-17-16(6)28-32-24-14(4)15(5)25-22(24)23-26-20-12-10-11-13-21(20)27(23)35-31-19(9-3)18(8-2)30(33-25)37(31)36(28)29(17)34-26/h7-9,16-35H,1-3,10-13H2,4-6H3. The molecule has 6 nitrogen and oxygen atoms in total. The van der Waals surface area contributed by atoms with Crippen LogP contribution in [-0.4, -0.2) is 58.8 Å². The Kier molecular flexibility index (Phi) is 5.18. The minimum Gasteiger partial charge on any atom is -0.297 e. The molecule has 18 atom stereocenters. The highest BCUT2D eigenvalue weighted by Gasteiger charge is 2.67. The lowest BCUT2D eigenvalue weighted by molar-refractivity contribution is -0.144. The van der Waals surface area contributed by atoms with Crippen molar-refractivity contribution in [3.8, 4) is 0 Å². The SMILES string of the molecule is C=CC1C(C)C2NC3C(C)=C(C)C4NC5C(C=C)C(C=C)C6NC7C8CCCCC8C(NC1N2N56)C7C34. The fraction of sp³-hybridized carbons (Fsp3) is 0.742. The molecule has 6 heterocycles. The molecule has 4 N–H and O–H groups in total. The van der Waals surface area contributed by atoms with Crippen molar-refractivity contribution < 1.29 is 0 Å². The number of hydrogen-bond donors (Lipinski definition) is 4. The molecule has 200 valence electrons. The predicted octanol–water partition coefficient (Wildman–Crippen LogP) is 3.16. The number of fused-ring (bicyclic) bond motifs is 1. The summed E-state index contributed by atoms with van der Waals surface area (Å²) < 4.78 is 0. The van der Waals surface area contributed by atoms with E-state index in [-0.39, 0.29) is 24.7 Å². The number of hydrazine groups is 1. The summed E-state index contributed by atoms with van der Waals surface area (Å²) in [5.41, 5.74) is 3.14. The van der Waals surface area contributed by atoms with Crippen molar-refractivity contribution >= 4 is 0 Å². The van der Waals surface area contributed by atoms with Crippen LogP contribution in [0.1, 0.15) is 46.5 Å². The van der Waals surface area contributed by atoms with Gasteiger partial charge in [0.15, 0.2) is 0 Å². The summed E-state index contributed by atoms with van der Waals surface area (Å²) >= 11 is 0. The molecule has 37 heavy (non-hydrogen) atoms. The highest BCUT2D eigenvalue weighted by atomic mass is 15.8. The minimum atomic E-state index is 0.187.